The molecule has 1 saturated heterocycles. The van der Waals surface area contributed by atoms with E-state index in [1.54, 1.807) is 12.1 Å². The van der Waals surface area contributed by atoms with Gasteiger partial charge in [0, 0.05) is 18.7 Å². The Labute approximate surface area is 116 Å². The Balaban J connectivity index is 2.31. The van der Waals surface area contributed by atoms with Crippen molar-refractivity contribution in [3.63, 3.8) is 0 Å². The number of piperidine rings is 1. The van der Waals surface area contributed by atoms with Crippen LogP contribution in [0.25, 0.3) is 0 Å². The molecule has 1 heterocycles. The topological polar surface area (TPSA) is 29.3 Å². The summed E-state index contributed by atoms with van der Waals surface area (Å²) in [6, 6.07) is 3.72. The van der Waals surface area contributed by atoms with Crippen LogP contribution in [0.5, 0.6) is 0 Å². The van der Waals surface area contributed by atoms with Crippen molar-refractivity contribution in [3.8, 4) is 0 Å². The van der Waals surface area contributed by atoms with Gasteiger partial charge in [-0.15, -0.1) is 0 Å². The highest BCUT2D eigenvalue weighted by atomic mass is 127. The highest BCUT2D eigenvalue weighted by Crippen LogP contribution is 2.33. The second-order valence-corrected chi connectivity index (χ2v) is 6.16. The molecule has 0 radical (unpaired) electrons. The van der Waals surface area contributed by atoms with Gasteiger partial charge in [0.05, 0.1) is 14.9 Å². The minimum Gasteiger partial charge on any atom is -0.397 e. The highest BCUT2D eigenvalue weighted by Gasteiger charge is 2.24. The second-order valence-electron chi connectivity index (χ2n) is 5.00. The molecule has 2 atom stereocenters. The highest BCUT2D eigenvalue weighted by molar-refractivity contribution is 14.1. The van der Waals surface area contributed by atoms with Crippen LogP contribution in [0, 0.1) is 15.3 Å². The molecule has 0 spiro atoms. The molecule has 2 N–H and O–H groups in total. The molecule has 17 heavy (non-hydrogen) atoms. The molecule has 1 aromatic carbocycles. The van der Waals surface area contributed by atoms with E-state index in [2.05, 4.69) is 18.7 Å². The summed E-state index contributed by atoms with van der Waals surface area (Å²) in [5.41, 5.74) is 7.53. The number of nitrogens with two attached hydrogens (primary N) is 1. The van der Waals surface area contributed by atoms with Crippen molar-refractivity contribution in [1.82, 2.24) is 0 Å². The molecule has 2 rings (SSSR count). The summed E-state index contributed by atoms with van der Waals surface area (Å²) in [6.07, 6.45) is 2.30. The maximum Gasteiger partial charge on any atom is 0.138 e. The first kappa shape index (κ1) is 12.9. The molecule has 1 aliphatic heterocycles. The second kappa shape index (κ2) is 5.00. The van der Waals surface area contributed by atoms with E-state index in [1.807, 2.05) is 22.6 Å². The van der Waals surface area contributed by atoms with Gasteiger partial charge >= 0.3 is 0 Å². The van der Waals surface area contributed by atoms with Crippen LogP contribution >= 0.6 is 22.6 Å². The molecule has 1 fully saturated rings. The Morgan fingerprint density at radius 1 is 1.41 bits per heavy atom. The average molecular weight is 348 g/mol. The summed E-state index contributed by atoms with van der Waals surface area (Å²) in [4.78, 5) is 2.23. The Kier molecular flexibility index (Phi) is 3.80. The smallest absolute Gasteiger partial charge is 0.138 e. The van der Waals surface area contributed by atoms with Gasteiger partial charge in [-0.3, -0.25) is 0 Å². The molecule has 0 saturated carbocycles. The molecule has 0 amide bonds. The van der Waals surface area contributed by atoms with Crippen LogP contribution in [-0.4, -0.2) is 12.6 Å². The lowest BCUT2D eigenvalue weighted by Gasteiger charge is -2.39. The third kappa shape index (κ3) is 2.67. The van der Waals surface area contributed by atoms with Crippen LogP contribution in [0.3, 0.4) is 0 Å². The number of rotatable bonds is 1. The number of hydrogen-bond acceptors (Lipinski definition) is 2. The lowest BCUT2D eigenvalue weighted by molar-refractivity contribution is 0.378. The first-order valence-corrected chi connectivity index (χ1v) is 7.08. The van der Waals surface area contributed by atoms with E-state index in [4.69, 9.17) is 5.73 Å². The van der Waals surface area contributed by atoms with Crippen LogP contribution < -0.4 is 10.6 Å². The average Bonchev–Trinajstić information content (AvgIpc) is 2.24. The Morgan fingerprint density at radius 3 is 2.76 bits per heavy atom. The number of nitrogen functional groups attached to an aromatic ring is 1. The zero-order chi connectivity index (χ0) is 12.6. The third-order valence-electron chi connectivity index (χ3n) is 3.52. The molecular weight excluding hydrogens is 330 g/mol. The molecule has 0 aromatic heterocycles. The molecule has 4 heteroatoms. The Hall–Kier alpha value is -0.520. The zero-order valence-corrected chi connectivity index (χ0v) is 12.4. The minimum absolute atomic E-state index is 0.180. The Morgan fingerprint density at radius 2 is 2.12 bits per heavy atom. The summed E-state index contributed by atoms with van der Waals surface area (Å²) in [5.74, 6) is 0.566. The molecule has 0 aliphatic carbocycles. The summed E-state index contributed by atoms with van der Waals surface area (Å²) >= 11 is 1.97. The number of anilines is 2. The van der Waals surface area contributed by atoms with E-state index in [9.17, 15) is 4.39 Å². The number of hydrogen-bond donors (Lipinski definition) is 1. The first-order valence-electron chi connectivity index (χ1n) is 6.00. The fourth-order valence-electron chi connectivity index (χ4n) is 2.57. The predicted molar refractivity (Wildman–Crippen MR) is 78.7 cm³/mol. The van der Waals surface area contributed by atoms with Crippen LogP contribution in [-0.2, 0) is 0 Å². The molecular formula is C13H18FIN2. The van der Waals surface area contributed by atoms with Crippen LogP contribution in [0.1, 0.15) is 26.7 Å². The lowest BCUT2D eigenvalue weighted by Crippen LogP contribution is -2.40. The molecule has 94 valence electrons. The van der Waals surface area contributed by atoms with Gasteiger partial charge in [-0.25, -0.2) is 4.39 Å². The lowest BCUT2D eigenvalue weighted by atomic mass is 9.93. The summed E-state index contributed by atoms with van der Waals surface area (Å²) in [7, 11) is 0. The van der Waals surface area contributed by atoms with E-state index < -0.39 is 0 Å². The van der Waals surface area contributed by atoms with E-state index >= 15 is 0 Å². The normalized spacial score (nSPS) is 25.1. The van der Waals surface area contributed by atoms with Crippen molar-refractivity contribution in [2.75, 3.05) is 17.2 Å². The maximum absolute atomic E-state index is 13.6. The van der Waals surface area contributed by atoms with Crippen molar-refractivity contribution in [3.05, 3.63) is 21.5 Å². The molecule has 2 nitrogen and oxygen atoms in total. The standard InChI is InChI=1S/C13H18FIN2/c1-8-3-4-17(9(2)5-8)13-6-10(14)11(15)7-12(13)16/h6-9H,3-5,16H2,1-2H3. The van der Waals surface area contributed by atoms with E-state index in [0.29, 0.717) is 15.3 Å². The quantitative estimate of drug-likeness (QED) is 0.620. The van der Waals surface area contributed by atoms with Gasteiger partial charge in [-0.1, -0.05) is 6.92 Å². The van der Waals surface area contributed by atoms with Crippen LogP contribution in [0.4, 0.5) is 15.8 Å². The largest absolute Gasteiger partial charge is 0.397 e. The van der Waals surface area contributed by atoms with E-state index in [0.717, 1.165) is 31.0 Å². The van der Waals surface area contributed by atoms with Crippen LogP contribution in [0.2, 0.25) is 0 Å². The third-order valence-corrected chi connectivity index (χ3v) is 4.34. The van der Waals surface area contributed by atoms with Crippen LogP contribution in [0.15, 0.2) is 12.1 Å². The molecule has 0 bridgehead atoms. The van der Waals surface area contributed by atoms with Crippen molar-refractivity contribution in [2.24, 2.45) is 5.92 Å². The van der Waals surface area contributed by atoms with Gasteiger partial charge < -0.3 is 10.6 Å². The Bertz CT molecular complexity index is 422. The number of halogens is 2. The number of nitrogens with zero attached hydrogens (tertiary/aromatic N) is 1. The first-order chi connectivity index (χ1) is 7.99. The van der Waals surface area contributed by atoms with Gasteiger partial charge in [0.25, 0.3) is 0 Å². The molecule has 1 aliphatic rings. The summed E-state index contributed by atoms with van der Waals surface area (Å²) in [5, 5.41) is 0. The monoisotopic (exact) mass is 348 g/mol. The summed E-state index contributed by atoms with van der Waals surface area (Å²) < 4.78 is 14.2. The zero-order valence-electron chi connectivity index (χ0n) is 10.2. The minimum atomic E-state index is -0.180. The molecule has 1 aromatic rings. The van der Waals surface area contributed by atoms with Crippen molar-refractivity contribution >= 4 is 34.0 Å². The van der Waals surface area contributed by atoms with Gasteiger partial charge in [0.2, 0.25) is 0 Å². The van der Waals surface area contributed by atoms with Gasteiger partial charge in [0.15, 0.2) is 0 Å². The predicted octanol–water partition coefficient (Wildman–Crippen LogP) is 3.64. The SMILES string of the molecule is CC1CCN(c2cc(F)c(I)cc2N)C(C)C1. The fraction of sp³-hybridized carbons (Fsp3) is 0.538. The fourth-order valence-corrected chi connectivity index (χ4v) is 3.06. The van der Waals surface area contributed by atoms with Gasteiger partial charge in [-0.05, 0) is 54.3 Å². The van der Waals surface area contributed by atoms with Crippen molar-refractivity contribution < 1.29 is 4.39 Å². The number of benzene rings is 1. The maximum atomic E-state index is 13.6. The van der Waals surface area contributed by atoms with E-state index in [-0.39, 0.29) is 5.82 Å². The van der Waals surface area contributed by atoms with Gasteiger partial charge in [0.1, 0.15) is 5.82 Å². The summed E-state index contributed by atoms with van der Waals surface area (Å²) in [6.45, 7) is 5.42. The van der Waals surface area contributed by atoms with Crippen molar-refractivity contribution in [2.45, 2.75) is 32.7 Å². The van der Waals surface area contributed by atoms with E-state index in [1.165, 1.54) is 0 Å². The van der Waals surface area contributed by atoms with Gasteiger partial charge in [-0.2, -0.15) is 0 Å². The molecule has 2 unspecified atom stereocenters. The van der Waals surface area contributed by atoms with Crippen molar-refractivity contribution in [1.29, 1.82) is 0 Å².